The summed E-state index contributed by atoms with van der Waals surface area (Å²) in [7, 11) is 1.71. The first-order chi connectivity index (χ1) is 13.7. The molecule has 2 aliphatic rings. The van der Waals surface area contributed by atoms with Crippen LogP contribution < -0.4 is 4.74 Å². The number of hydrogen-bond acceptors (Lipinski definition) is 4. The summed E-state index contributed by atoms with van der Waals surface area (Å²) in [5, 5.41) is 7.44. The standard InChI is InChI=1S/C22H30N4O2/c1-28-18-8-4-6-17(16-18)7-5-11-25-12-14-26(15-13-25)22(27)21-19-9-2-3-10-20(19)23-24-21/h4,6,8,16H,2-3,5,7,9-15H2,1H3,(H,23,24). The van der Waals surface area contributed by atoms with Gasteiger partial charge in [-0.1, -0.05) is 12.1 Å². The molecule has 1 saturated heterocycles. The monoisotopic (exact) mass is 382 g/mol. The highest BCUT2D eigenvalue weighted by atomic mass is 16.5. The molecule has 1 N–H and O–H groups in total. The highest BCUT2D eigenvalue weighted by molar-refractivity contribution is 5.94. The average molecular weight is 383 g/mol. The van der Waals surface area contributed by atoms with Gasteiger partial charge in [0.25, 0.3) is 5.91 Å². The number of carbonyl (C=O) groups excluding carboxylic acids is 1. The number of hydrogen-bond donors (Lipinski definition) is 1. The van der Waals surface area contributed by atoms with Gasteiger partial charge in [0.2, 0.25) is 0 Å². The van der Waals surface area contributed by atoms with E-state index in [1.807, 2.05) is 17.0 Å². The van der Waals surface area contributed by atoms with Crippen molar-refractivity contribution in [3.8, 4) is 5.75 Å². The van der Waals surface area contributed by atoms with Crippen molar-refractivity contribution in [1.29, 1.82) is 0 Å². The van der Waals surface area contributed by atoms with Gasteiger partial charge >= 0.3 is 0 Å². The summed E-state index contributed by atoms with van der Waals surface area (Å²) in [6, 6.07) is 8.30. The van der Waals surface area contributed by atoms with E-state index in [4.69, 9.17) is 4.74 Å². The lowest BCUT2D eigenvalue weighted by Crippen LogP contribution is -2.49. The molecule has 1 aliphatic heterocycles. The second kappa shape index (κ2) is 8.78. The van der Waals surface area contributed by atoms with Crippen molar-refractivity contribution < 1.29 is 9.53 Å². The molecule has 4 rings (SSSR count). The van der Waals surface area contributed by atoms with Crippen LogP contribution >= 0.6 is 0 Å². The van der Waals surface area contributed by atoms with Crippen LogP contribution in [0.1, 0.15) is 46.6 Å². The number of amides is 1. The Bertz CT molecular complexity index is 809. The molecule has 6 heteroatoms. The smallest absolute Gasteiger partial charge is 0.274 e. The van der Waals surface area contributed by atoms with Crippen molar-refractivity contribution in [3.63, 3.8) is 0 Å². The van der Waals surface area contributed by atoms with Gasteiger partial charge in [0, 0.05) is 37.4 Å². The number of methoxy groups -OCH3 is 1. The van der Waals surface area contributed by atoms with E-state index in [-0.39, 0.29) is 5.91 Å². The number of carbonyl (C=O) groups is 1. The van der Waals surface area contributed by atoms with Crippen LogP contribution in [0.15, 0.2) is 24.3 Å². The molecule has 0 bridgehead atoms. The fraction of sp³-hybridized carbons (Fsp3) is 0.545. The SMILES string of the molecule is COc1cccc(CCCN2CCN(C(=O)c3n[nH]c4c3CCCC4)CC2)c1. The molecule has 1 aliphatic carbocycles. The number of piperazine rings is 1. The summed E-state index contributed by atoms with van der Waals surface area (Å²) < 4.78 is 5.30. The molecule has 1 aromatic carbocycles. The highest BCUT2D eigenvalue weighted by Crippen LogP contribution is 2.23. The molecule has 1 fully saturated rings. The summed E-state index contributed by atoms with van der Waals surface area (Å²) >= 11 is 0. The molecule has 6 nitrogen and oxygen atoms in total. The Hall–Kier alpha value is -2.34. The van der Waals surface area contributed by atoms with Gasteiger partial charge in [0.1, 0.15) is 5.75 Å². The van der Waals surface area contributed by atoms with E-state index in [2.05, 4.69) is 27.2 Å². The molecule has 150 valence electrons. The van der Waals surface area contributed by atoms with Crippen molar-refractivity contribution in [1.82, 2.24) is 20.0 Å². The van der Waals surface area contributed by atoms with Crippen LogP contribution in [0, 0.1) is 0 Å². The van der Waals surface area contributed by atoms with Crippen LogP contribution in [0.5, 0.6) is 5.75 Å². The van der Waals surface area contributed by atoms with E-state index >= 15 is 0 Å². The topological polar surface area (TPSA) is 61.5 Å². The average Bonchev–Trinajstić information content (AvgIpc) is 3.18. The van der Waals surface area contributed by atoms with E-state index in [1.54, 1.807) is 7.11 Å². The maximum atomic E-state index is 12.9. The van der Waals surface area contributed by atoms with Crippen molar-refractivity contribution in [2.75, 3.05) is 39.8 Å². The summed E-state index contributed by atoms with van der Waals surface area (Å²) in [4.78, 5) is 17.4. The molecule has 0 spiro atoms. The normalized spacial score (nSPS) is 17.4. The number of aryl methyl sites for hydroxylation is 2. The largest absolute Gasteiger partial charge is 0.497 e. The zero-order valence-corrected chi connectivity index (χ0v) is 16.7. The quantitative estimate of drug-likeness (QED) is 0.834. The van der Waals surface area contributed by atoms with E-state index in [0.717, 1.165) is 76.1 Å². The summed E-state index contributed by atoms with van der Waals surface area (Å²) in [5.74, 6) is 1.03. The van der Waals surface area contributed by atoms with Gasteiger partial charge in [-0.25, -0.2) is 0 Å². The fourth-order valence-electron chi connectivity index (χ4n) is 4.32. The molecule has 2 aromatic rings. The fourth-order valence-corrected chi connectivity index (χ4v) is 4.32. The second-order valence-corrected chi connectivity index (χ2v) is 7.83. The summed E-state index contributed by atoms with van der Waals surface area (Å²) in [5.41, 5.74) is 4.32. The minimum Gasteiger partial charge on any atom is -0.497 e. The lowest BCUT2D eigenvalue weighted by molar-refractivity contribution is 0.0629. The van der Waals surface area contributed by atoms with Crippen LogP contribution in [0.3, 0.4) is 0 Å². The van der Waals surface area contributed by atoms with Gasteiger partial charge in [-0.05, 0) is 62.8 Å². The Balaban J connectivity index is 1.24. The number of fused-ring (bicyclic) bond motifs is 1. The van der Waals surface area contributed by atoms with Crippen LogP contribution in [-0.2, 0) is 19.3 Å². The number of nitrogens with one attached hydrogen (secondary N) is 1. The Morgan fingerprint density at radius 2 is 2.00 bits per heavy atom. The maximum Gasteiger partial charge on any atom is 0.274 e. The zero-order chi connectivity index (χ0) is 19.3. The summed E-state index contributed by atoms with van der Waals surface area (Å²) in [6.45, 7) is 4.53. The van der Waals surface area contributed by atoms with Crippen molar-refractivity contribution in [2.45, 2.75) is 38.5 Å². The van der Waals surface area contributed by atoms with Gasteiger partial charge in [0.15, 0.2) is 5.69 Å². The van der Waals surface area contributed by atoms with Crippen molar-refractivity contribution in [3.05, 3.63) is 46.8 Å². The highest BCUT2D eigenvalue weighted by Gasteiger charge is 2.27. The predicted molar refractivity (Wildman–Crippen MR) is 109 cm³/mol. The van der Waals surface area contributed by atoms with Gasteiger partial charge in [-0.3, -0.25) is 14.8 Å². The first kappa shape index (κ1) is 19.0. The molecule has 2 heterocycles. The number of H-pyrrole nitrogens is 1. The number of rotatable bonds is 6. The minimum absolute atomic E-state index is 0.107. The molecule has 1 amide bonds. The molecular weight excluding hydrogens is 352 g/mol. The second-order valence-electron chi connectivity index (χ2n) is 7.83. The first-order valence-electron chi connectivity index (χ1n) is 10.5. The molecule has 1 aromatic heterocycles. The summed E-state index contributed by atoms with van der Waals surface area (Å²) in [6.07, 6.45) is 6.53. The first-order valence-corrected chi connectivity index (χ1v) is 10.5. The third-order valence-corrected chi connectivity index (χ3v) is 5.99. The molecule has 0 atom stereocenters. The third kappa shape index (κ3) is 4.22. The van der Waals surface area contributed by atoms with Crippen molar-refractivity contribution in [2.24, 2.45) is 0 Å². The van der Waals surface area contributed by atoms with E-state index in [0.29, 0.717) is 5.69 Å². The van der Waals surface area contributed by atoms with E-state index in [9.17, 15) is 4.79 Å². The molecule has 28 heavy (non-hydrogen) atoms. The number of ether oxygens (including phenoxy) is 1. The minimum atomic E-state index is 0.107. The number of nitrogens with zero attached hydrogens (tertiary/aromatic N) is 3. The Labute approximate surface area is 166 Å². The van der Waals surface area contributed by atoms with E-state index < -0.39 is 0 Å². The van der Waals surface area contributed by atoms with Crippen LogP contribution in [0.2, 0.25) is 0 Å². The van der Waals surface area contributed by atoms with Crippen LogP contribution in [-0.4, -0.2) is 65.7 Å². The predicted octanol–water partition coefficient (Wildman–Crippen LogP) is 2.69. The van der Waals surface area contributed by atoms with Gasteiger partial charge < -0.3 is 9.64 Å². The zero-order valence-electron chi connectivity index (χ0n) is 16.7. The molecule has 0 saturated carbocycles. The maximum absolute atomic E-state index is 12.9. The Morgan fingerprint density at radius 3 is 2.82 bits per heavy atom. The van der Waals surface area contributed by atoms with E-state index in [1.165, 1.54) is 17.7 Å². The Morgan fingerprint density at radius 1 is 1.18 bits per heavy atom. The van der Waals surface area contributed by atoms with Gasteiger partial charge in [-0.15, -0.1) is 0 Å². The number of benzene rings is 1. The van der Waals surface area contributed by atoms with Crippen LogP contribution in [0.4, 0.5) is 0 Å². The lowest BCUT2D eigenvalue weighted by atomic mass is 9.95. The molecule has 0 unspecified atom stereocenters. The Kier molecular flexibility index (Phi) is 5.95. The lowest BCUT2D eigenvalue weighted by Gasteiger charge is -2.34. The van der Waals surface area contributed by atoms with Crippen LogP contribution in [0.25, 0.3) is 0 Å². The number of aromatic nitrogens is 2. The molecule has 0 radical (unpaired) electrons. The van der Waals surface area contributed by atoms with Gasteiger partial charge in [0.05, 0.1) is 7.11 Å². The van der Waals surface area contributed by atoms with Crippen molar-refractivity contribution >= 4 is 5.91 Å². The third-order valence-electron chi connectivity index (χ3n) is 5.99. The van der Waals surface area contributed by atoms with Gasteiger partial charge in [-0.2, -0.15) is 5.10 Å². The molecular formula is C22H30N4O2. The number of aromatic amines is 1.